The largest absolute Gasteiger partial charge is 0.257 e. The zero-order valence-corrected chi connectivity index (χ0v) is 11.0. The predicted molar refractivity (Wildman–Crippen MR) is 69.0 cm³/mol. The van der Waals surface area contributed by atoms with Gasteiger partial charge in [0.15, 0.2) is 0 Å². The van der Waals surface area contributed by atoms with Crippen LogP contribution in [0.2, 0.25) is 0 Å². The van der Waals surface area contributed by atoms with Crippen molar-refractivity contribution < 1.29 is 0 Å². The molecule has 3 rings (SSSR count). The van der Waals surface area contributed by atoms with Gasteiger partial charge in [-0.1, -0.05) is 26.8 Å². The Morgan fingerprint density at radius 2 is 1.81 bits per heavy atom. The number of hydrogen-bond acceptors (Lipinski definition) is 1. The van der Waals surface area contributed by atoms with Gasteiger partial charge in [-0.25, -0.2) is 0 Å². The number of pyridine rings is 1. The molecule has 1 unspecified atom stereocenters. The third-order valence-corrected chi connectivity index (χ3v) is 3.64. The molecule has 0 radical (unpaired) electrons. The Bertz CT molecular complexity index is 377. The molecule has 0 saturated heterocycles. The van der Waals surface area contributed by atoms with E-state index >= 15 is 0 Å². The highest BCUT2D eigenvalue weighted by Gasteiger charge is 2.29. The van der Waals surface area contributed by atoms with Crippen molar-refractivity contribution in [2.24, 2.45) is 0 Å². The minimum atomic E-state index is 0.697. The van der Waals surface area contributed by atoms with E-state index in [1.54, 1.807) is 0 Å². The first-order valence-electron chi connectivity index (χ1n) is 6.76. The van der Waals surface area contributed by atoms with Gasteiger partial charge in [0, 0.05) is 17.3 Å². The Balaban J connectivity index is 0.000000457. The Labute approximate surface area is 99.3 Å². The standard InChI is InChI=1S/C13H17N.C2H6/c1-8-3-4-11-7-9(2)13(10-5-6-10)14-12(8)11;1-2/h7-8,10H,3-6H2,1-2H3;1-2H3. The highest BCUT2D eigenvalue weighted by molar-refractivity contribution is 5.37. The lowest BCUT2D eigenvalue weighted by Crippen LogP contribution is -1.99. The van der Waals surface area contributed by atoms with E-state index in [9.17, 15) is 0 Å². The summed E-state index contributed by atoms with van der Waals surface area (Å²) in [6.45, 7) is 8.54. The lowest BCUT2D eigenvalue weighted by atomic mass is 10.1. The van der Waals surface area contributed by atoms with Gasteiger partial charge in [-0.3, -0.25) is 4.98 Å². The van der Waals surface area contributed by atoms with Crippen LogP contribution in [0.4, 0.5) is 0 Å². The maximum atomic E-state index is 4.90. The van der Waals surface area contributed by atoms with E-state index in [-0.39, 0.29) is 0 Å². The fraction of sp³-hybridized carbons (Fsp3) is 0.667. The van der Waals surface area contributed by atoms with Crippen LogP contribution in [0.3, 0.4) is 0 Å². The molecular weight excluding hydrogens is 194 g/mol. The number of nitrogens with zero attached hydrogens (tertiary/aromatic N) is 1. The van der Waals surface area contributed by atoms with Crippen molar-refractivity contribution in [1.82, 2.24) is 4.98 Å². The SMILES string of the molecule is CC.Cc1cc2c(nc1C1CC1)C(C)CC2. The van der Waals surface area contributed by atoms with Gasteiger partial charge in [-0.15, -0.1) is 0 Å². The molecular formula is C15H23N. The third kappa shape index (κ3) is 2.00. The lowest BCUT2D eigenvalue weighted by Gasteiger charge is -2.09. The lowest BCUT2D eigenvalue weighted by molar-refractivity contribution is 0.726. The van der Waals surface area contributed by atoms with Crippen LogP contribution in [0, 0.1) is 6.92 Å². The van der Waals surface area contributed by atoms with Gasteiger partial charge in [0.1, 0.15) is 0 Å². The summed E-state index contributed by atoms with van der Waals surface area (Å²) in [5.41, 5.74) is 5.75. The van der Waals surface area contributed by atoms with Crippen molar-refractivity contribution in [2.45, 2.75) is 65.2 Å². The Morgan fingerprint density at radius 1 is 1.12 bits per heavy atom. The molecule has 1 heteroatoms. The molecule has 1 aromatic heterocycles. The molecule has 2 aliphatic rings. The van der Waals surface area contributed by atoms with Gasteiger partial charge in [0.25, 0.3) is 0 Å². The molecule has 88 valence electrons. The van der Waals surface area contributed by atoms with Crippen molar-refractivity contribution >= 4 is 0 Å². The minimum absolute atomic E-state index is 0.697. The van der Waals surface area contributed by atoms with Gasteiger partial charge in [-0.2, -0.15) is 0 Å². The summed E-state index contributed by atoms with van der Waals surface area (Å²) >= 11 is 0. The molecule has 0 aliphatic heterocycles. The Kier molecular flexibility index (Phi) is 3.32. The van der Waals surface area contributed by atoms with Crippen LogP contribution < -0.4 is 0 Å². The molecule has 1 nitrogen and oxygen atoms in total. The first-order chi connectivity index (χ1) is 7.75. The summed E-state index contributed by atoms with van der Waals surface area (Å²) in [4.78, 5) is 4.90. The number of aryl methyl sites for hydroxylation is 2. The Morgan fingerprint density at radius 3 is 2.44 bits per heavy atom. The third-order valence-electron chi connectivity index (χ3n) is 3.64. The van der Waals surface area contributed by atoms with E-state index in [0.29, 0.717) is 5.92 Å². The van der Waals surface area contributed by atoms with Crippen molar-refractivity contribution in [3.8, 4) is 0 Å². The average molecular weight is 217 g/mol. The summed E-state index contributed by atoms with van der Waals surface area (Å²) in [5.74, 6) is 1.50. The van der Waals surface area contributed by atoms with Crippen LogP contribution in [0.25, 0.3) is 0 Å². The van der Waals surface area contributed by atoms with E-state index in [0.717, 1.165) is 5.92 Å². The van der Waals surface area contributed by atoms with E-state index in [4.69, 9.17) is 4.98 Å². The van der Waals surface area contributed by atoms with Crippen molar-refractivity contribution in [3.63, 3.8) is 0 Å². The molecule has 0 bridgehead atoms. The zero-order chi connectivity index (χ0) is 11.7. The van der Waals surface area contributed by atoms with Gasteiger partial charge >= 0.3 is 0 Å². The zero-order valence-electron chi connectivity index (χ0n) is 11.0. The van der Waals surface area contributed by atoms with E-state index < -0.39 is 0 Å². The number of fused-ring (bicyclic) bond motifs is 1. The quantitative estimate of drug-likeness (QED) is 0.681. The molecule has 1 heterocycles. The van der Waals surface area contributed by atoms with Crippen LogP contribution >= 0.6 is 0 Å². The molecule has 0 aromatic carbocycles. The molecule has 0 amide bonds. The molecule has 0 spiro atoms. The summed E-state index contributed by atoms with van der Waals surface area (Å²) in [7, 11) is 0. The predicted octanol–water partition coefficient (Wildman–Crippen LogP) is 4.34. The molecule has 1 aromatic rings. The maximum Gasteiger partial charge on any atom is 0.0467 e. The van der Waals surface area contributed by atoms with Crippen molar-refractivity contribution in [1.29, 1.82) is 0 Å². The smallest absolute Gasteiger partial charge is 0.0467 e. The van der Waals surface area contributed by atoms with Gasteiger partial charge in [0.2, 0.25) is 0 Å². The second-order valence-corrected chi connectivity index (χ2v) is 4.95. The number of rotatable bonds is 1. The van der Waals surface area contributed by atoms with E-state index in [1.165, 1.54) is 48.2 Å². The highest BCUT2D eigenvalue weighted by Crippen LogP contribution is 2.42. The summed E-state index contributed by atoms with van der Waals surface area (Å²) in [6.07, 6.45) is 5.27. The molecule has 1 atom stereocenters. The topological polar surface area (TPSA) is 12.9 Å². The Hall–Kier alpha value is -0.850. The first-order valence-corrected chi connectivity index (χ1v) is 6.76. The van der Waals surface area contributed by atoms with Gasteiger partial charge in [-0.05, 0) is 49.7 Å². The van der Waals surface area contributed by atoms with Crippen LogP contribution in [0.5, 0.6) is 0 Å². The van der Waals surface area contributed by atoms with Crippen LogP contribution in [-0.2, 0) is 6.42 Å². The second kappa shape index (κ2) is 4.57. The van der Waals surface area contributed by atoms with Crippen molar-refractivity contribution in [3.05, 3.63) is 28.6 Å². The van der Waals surface area contributed by atoms with Crippen molar-refractivity contribution in [2.75, 3.05) is 0 Å². The van der Waals surface area contributed by atoms with Crippen LogP contribution in [-0.4, -0.2) is 4.98 Å². The summed E-state index contributed by atoms with van der Waals surface area (Å²) in [5, 5.41) is 0. The fourth-order valence-electron chi connectivity index (χ4n) is 2.60. The van der Waals surface area contributed by atoms with Gasteiger partial charge < -0.3 is 0 Å². The maximum absolute atomic E-state index is 4.90. The van der Waals surface area contributed by atoms with Crippen LogP contribution in [0.1, 0.15) is 74.4 Å². The highest BCUT2D eigenvalue weighted by atomic mass is 14.8. The molecule has 1 fully saturated rings. The average Bonchev–Trinajstić information content (AvgIpc) is 3.08. The molecule has 1 saturated carbocycles. The summed E-state index contributed by atoms with van der Waals surface area (Å²) in [6, 6.07) is 2.39. The molecule has 2 aliphatic carbocycles. The number of aromatic nitrogens is 1. The second-order valence-electron chi connectivity index (χ2n) is 4.95. The first kappa shape index (κ1) is 11.6. The molecule has 0 N–H and O–H groups in total. The monoisotopic (exact) mass is 217 g/mol. The van der Waals surface area contributed by atoms with Gasteiger partial charge in [0.05, 0.1) is 0 Å². The fourth-order valence-corrected chi connectivity index (χ4v) is 2.60. The number of hydrogen-bond donors (Lipinski definition) is 0. The van der Waals surface area contributed by atoms with Crippen LogP contribution in [0.15, 0.2) is 6.07 Å². The van der Waals surface area contributed by atoms with E-state index in [1.807, 2.05) is 13.8 Å². The minimum Gasteiger partial charge on any atom is -0.257 e. The van der Waals surface area contributed by atoms with E-state index in [2.05, 4.69) is 19.9 Å². The summed E-state index contributed by atoms with van der Waals surface area (Å²) < 4.78 is 0. The molecule has 16 heavy (non-hydrogen) atoms. The normalized spacial score (nSPS) is 22.4.